The second-order valence-electron chi connectivity index (χ2n) is 8.70. The summed E-state index contributed by atoms with van der Waals surface area (Å²) in [6.07, 6.45) is -0.264. The van der Waals surface area contributed by atoms with E-state index < -0.39 is 23.9 Å². The fourth-order valence-electron chi connectivity index (χ4n) is 3.81. The molecule has 0 aliphatic heterocycles. The van der Waals surface area contributed by atoms with E-state index in [0.29, 0.717) is 33.9 Å². The van der Waals surface area contributed by atoms with Gasteiger partial charge >= 0.3 is 12.0 Å². The van der Waals surface area contributed by atoms with Crippen molar-refractivity contribution in [3.05, 3.63) is 83.4 Å². The molecule has 0 bridgehead atoms. The molecule has 204 valence electrons. The molecule has 11 nitrogen and oxygen atoms in total. The molecule has 11 heteroatoms. The number of aryl methyl sites for hydroxylation is 1. The first-order valence-corrected chi connectivity index (χ1v) is 12.1. The average molecular weight is 534 g/mol. The number of carboxylic acid groups (broad SMARTS) is 1. The van der Waals surface area contributed by atoms with Crippen LogP contribution in [0.5, 0.6) is 5.75 Å². The smallest absolute Gasteiger partial charge is 0.323 e. The summed E-state index contributed by atoms with van der Waals surface area (Å²) < 4.78 is 5.41. The summed E-state index contributed by atoms with van der Waals surface area (Å²) in [5.41, 5.74) is 9.11. The fraction of sp³-hybridized carbons (Fsp3) is 0.214. The number of hydrogen-bond acceptors (Lipinski definition) is 6. The highest BCUT2D eigenvalue weighted by Gasteiger charge is 2.18. The maximum Gasteiger partial charge on any atom is 0.323 e. The largest absolute Gasteiger partial charge is 0.495 e. The van der Waals surface area contributed by atoms with Gasteiger partial charge in [0.25, 0.3) is 0 Å². The molecule has 0 spiro atoms. The van der Waals surface area contributed by atoms with Gasteiger partial charge in [0.05, 0.1) is 38.2 Å². The summed E-state index contributed by atoms with van der Waals surface area (Å²) in [5.74, 6) is -1.43. The summed E-state index contributed by atoms with van der Waals surface area (Å²) >= 11 is 0. The minimum Gasteiger partial charge on any atom is -0.495 e. The fourth-order valence-corrected chi connectivity index (χ4v) is 3.81. The minimum atomic E-state index is -1.07. The van der Waals surface area contributed by atoms with Crippen molar-refractivity contribution in [3.8, 4) is 5.75 Å². The first-order valence-electron chi connectivity index (χ1n) is 12.1. The molecule has 7 N–H and O–H groups in total. The molecule has 0 saturated heterocycles. The molecule has 0 aliphatic rings. The SMILES string of the molecule is COc1cc(CC(=O)Nc2ccc([C@@H](CC(=O)O)NC(=O)CN)cc2)ccc1NC(=O)Nc1ccccc1C. The number of hydrogen-bond donors (Lipinski definition) is 6. The molecule has 3 aromatic carbocycles. The molecule has 39 heavy (non-hydrogen) atoms. The van der Waals surface area contributed by atoms with Gasteiger partial charge in [0.2, 0.25) is 11.8 Å². The molecule has 0 fully saturated rings. The van der Waals surface area contributed by atoms with E-state index in [1.807, 2.05) is 25.1 Å². The van der Waals surface area contributed by atoms with Crippen LogP contribution in [0.2, 0.25) is 0 Å². The van der Waals surface area contributed by atoms with Crippen LogP contribution in [-0.2, 0) is 20.8 Å². The summed E-state index contributed by atoms with van der Waals surface area (Å²) in [4.78, 5) is 47.9. The third-order valence-electron chi connectivity index (χ3n) is 5.77. The van der Waals surface area contributed by atoms with Gasteiger partial charge in [-0.1, -0.05) is 36.4 Å². The van der Waals surface area contributed by atoms with Crippen LogP contribution < -0.4 is 31.7 Å². The van der Waals surface area contributed by atoms with Gasteiger partial charge < -0.3 is 36.8 Å². The molecule has 0 aromatic heterocycles. The van der Waals surface area contributed by atoms with Crippen molar-refractivity contribution in [1.82, 2.24) is 5.32 Å². The summed E-state index contributed by atoms with van der Waals surface area (Å²) in [6, 6.07) is 17.8. The number of ether oxygens (including phenoxy) is 1. The number of nitrogens with two attached hydrogens (primary N) is 1. The van der Waals surface area contributed by atoms with Gasteiger partial charge in [-0.2, -0.15) is 0 Å². The molecular formula is C28H31N5O6. The molecule has 3 rings (SSSR count). The van der Waals surface area contributed by atoms with Crippen LogP contribution in [0.4, 0.5) is 21.9 Å². The van der Waals surface area contributed by atoms with Crippen LogP contribution in [0.1, 0.15) is 29.2 Å². The number of urea groups is 1. The Morgan fingerprint density at radius 2 is 1.59 bits per heavy atom. The molecule has 0 saturated carbocycles. The van der Waals surface area contributed by atoms with E-state index in [0.717, 1.165) is 5.56 Å². The molecule has 0 radical (unpaired) electrons. The number of para-hydroxylation sites is 1. The Bertz CT molecular complexity index is 1340. The van der Waals surface area contributed by atoms with E-state index in [4.69, 9.17) is 15.6 Å². The van der Waals surface area contributed by atoms with Crippen LogP contribution in [-0.4, -0.2) is 42.6 Å². The Hall–Kier alpha value is -4.90. The van der Waals surface area contributed by atoms with Gasteiger partial charge in [-0.05, 0) is 53.9 Å². The second kappa shape index (κ2) is 13.6. The first-order chi connectivity index (χ1) is 18.7. The second-order valence-corrected chi connectivity index (χ2v) is 8.70. The number of carbonyl (C=O) groups is 4. The monoisotopic (exact) mass is 533 g/mol. The van der Waals surface area contributed by atoms with Crippen LogP contribution in [0.25, 0.3) is 0 Å². The van der Waals surface area contributed by atoms with Crippen molar-refractivity contribution in [3.63, 3.8) is 0 Å². The van der Waals surface area contributed by atoms with Gasteiger partial charge in [-0.3, -0.25) is 14.4 Å². The number of carbonyl (C=O) groups excluding carboxylic acids is 3. The van der Waals surface area contributed by atoms with Gasteiger partial charge in [0.15, 0.2) is 0 Å². The molecule has 0 aliphatic carbocycles. The van der Waals surface area contributed by atoms with Gasteiger partial charge in [0, 0.05) is 11.4 Å². The summed E-state index contributed by atoms with van der Waals surface area (Å²) in [7, 11) is 1.47. The zero-order valence-electron chi connectivity index (χ0n) is 21.6. The molecule has 0 heterocycles. The summed E-state index contributed by atoms with van der Waals surface area (Å²) in [6.45, 7) is 1.63. The number of rotatable bonds is 11. The van der Waals surface area contributed by atoms with E-state index in [2.05, 4.69) is 21.3 Å². The Balaban J connectivity index is 1.61. The number of nitrogens with one attached hydrogen (secondary N) is 4. The van der Waals surface area contributed by atoms with E-state index in [9.17, 15) is 19.2 Å². The van der Waals surface area contributed by atoms with Crippen molar-refractivity contribution in [2.45, 2.75) is 25.8 Å². The number of anilines is 3. The quantitative estimate of drug-likeness (QED) is 0.219. The topological polar surface area (TPSA) is 172 Å². The highest BCUT2D eigenvalue weighted by atomic mass is 16.5. The van der Waals surface area contributed by atoms with E-state index in [-0.39, 0.29) is 25.3 Å². The van der Waals surface area contributed by atoms with Crippen molar-refractivity contribution in [2.24, 2.45) is 5.73 Å². The maximum absolute atomic E-state index is 12.6. The average Bonchev–Trinajstić information content (AvgIpc) is 2.90. The van der Waals surface area contributed by atoms with Crippen LogP contribution >= 0.6 is 0 Å². The van der Waals surface area contributed by atoms with Crippen molar-refractivity contribution in [2.75, 3.05) is 29.6 Å². The lowest BCUT2D eigenvalue weighted by molar-refractivity contribution is -0.137. The van der Waals surface area contributed by atoms with Crippen LogP contribution in [0.3, 0.4) is 0 Å². The van der Waals surface area contributed by atoms with Gasteiger partial charge in [0.1, 0.15) is 5.75 Å². The number of amides is 4. The molecule has 4 amide bonds. The Kier molecular flexibility index (Phi) is 9.99. The lowest BCUT2D eigenvalue weighted by Crippen LogP contribution is -2.34. The predicted molar refractivity (Wildman–Crippen MR) is 148 cm³/mol. The Morgan fingerprint density at radius 1 is 0.897 bits per heavy atom. The zero-order chi connectivity index (χ0) is 28.4. The summed E-state index contributed by atoms with van der Waals surface area (Å²) in [5, 5.41) is 20.0. The van der Waals surface area contributed by atoms with Crippen molar-refractivity contribution >= 4 is 40.9 Å². The number of carboxylic acids is 1. The number of methoxy groups -OCH3 is 1. The van der Waals surface area contributed by atoms with Crippen LogP contribution in [0, 0.1) is 6.92 Å². The Labute approximate surface area is 225 Å². The van der Waals surface area contributed by atoms with E-state index in [1.54, 1.807) is 48.5 Å². The first kappa shape index (κ1) is 28.7. The standard InChI is InChI=1S/C28H31N5O6/c1-17-5-3-4-6-21(17)32-28(38)33-22-12-7-18(13-24(22)39-2)14-25(34)30-20-10-8-19(9-11-20)23(15-27(36)37)31-26(35)16-29/h3-13,23H,14-16,29H2,1-2H3,(H,30,34)(H,31,35)(H,36,37)(H2,32,33,38)/t23-/m1/s1. The van der Waals surface area contributed by atoms with Gasteiger partial charge in [-0.25, -0.2) is 4.79 Å². The number of benzene rings is 3. The zero-order valence-corrected chi connectivity index (χ0v) is 21.6. The predicted octanol–water partition coefficient (Wildman–Crippen LogP) is 3.42. The minimum absolute atomic E-state index is 0.0436. The lowest BCUT2D eigenvalue weighted by atomic mass is 10.0. The van der Waals surface area contributed by atoms with E-state index >= 15 is 0 Å². The molecule has 3 aromatic rings. The molecule has 1 atom stereocenters. The van der Waals surface area contributed by atoms with Crippen molar-refractivity contribution < 1.29 is 29.0 Å². The normalized spacial score (nSPS) is 11.2. The third kappa shape index (κ3) is 8.58. The third-order valence-corrected chi connectivity index (χ3v) is 5.77. The maximum atomic E-state index is 12.6. The van der Waals surface area contributed by atoms with Gasteiger partial charge in [-0.15, -0.1) is 0 Å². The number of aliphatic carboxylic acids is 1. The van der Waals surface area contributed by atoms with Crippen molar-refractivity contribution in [1.29, 1.82) is 0 Å². The highest BCUT2D eigenvalue weighted by molar-refractivity contribution is 6.01. The molecular weight excluding hydrogens is 502 g/mol. The van der Waals surface area contributed by atoms with E-state index in [1.165, 1.54) is 7.11 Å². The molecule has 0 unspecified atom stereocenters. The highest BCUT2D eigenvalue weighted by Crippen LogP contribution is 2.27. The van der Waals surface area contributed by atoms with Crippen LogP contribution in [0.15, 0.2) is 66.7 Å². The Morgan fingerprint density at radius 3 is 2.23 bits per heavy atom. The lowest BCUT2D eigenvalue weighted by Gasteiger charge is -2.17.